The van der Waals surface area contributed by atoms with Crippen molar-refractivity contribution in [2.75, 3.05) is 12.3 Å². The number of thioether (sulfide) groups is 1. The molecule has 5 heteroatoms. The predicted molar refractivity (Wildman–Crippen MR) is 86.1 cm³/mol. The lowest BCUT2D eigenvalue weighted by molar-refractivity contribution is 0.371. The summed E-state index contributed by atoms with van der Waals surface area (Å²) in [5, 5.41) is 14.4. The lowest BCUT2D eigenvalue weighted by Crippen LogP contribution is -2.43. The molecular formula is C15H22ClN3S. The standard InChI is InChI=1S/C15H22ClN3S/c1-3-9-19-15(4-2,12-17)8-6-11-20-14-13(16)7-5-10-18-14/h5,7,10,19H,3-4,6,8-9,11H2,1-2H3. The predicted octanol–water partition coefficient (Wildman–Crippen LogP) is 4.28. The van der Waals surface area contributed by atoms with E-state index in [-0.39, 0.29) is 5.54 Å². The number of nitriles is 1. The van der Waals surface area contributed by atoms with Crippen LogP contribution >= 0.6 is 23.4 Å². The molecule has 0 aliphatic heterocycles. The van der Waals surface area contributed by atoms with Crippen molar-refractivity contribution in [1.82, 2.24) is 10.3 Å². The molecule has 0 saturated heterocycles. The number of nitrogens with zero attached hydrogens (tertiary/aromatic N) is 2. The fourth-order valence-electron chi connectivity index (χ4n) is 1.95. The highest BCUT2D eigenvalue weighted by Crippen LogP contribution is 2.26. The van der Waals surface area contributed by atoms with Crippen LogP contribution in [-0.2, 0) is 0 Å². The van der Waals surface area contributed by atoms with Crippen molar-refractivity contribution in [3.05, 3.63) is 23.4 Å². The Morgan fingerprint density at radius 3 is 2.90 bits per heavy atom. The summed E-state index contributed by atoms with van der Waals surface area (Å²) >= 11 is 7.72. The Balaban J connectivity index is 2.42. The van der Waals surface area contributed by atoms with Crippen molar-refractivity contribution in [2.24, 2.45) is 0 Å². The van der Waals surface area contributed by atoms with Crippen LogP contribution in [0.1, 0.15) is 39.5 Å². The summed E-state index contributed by atoms with van der Waals surface area (Å²) in [6.07, 6.45) is 5.45. The maximum atomic E-state index is 9.41. The smallest absolute Gasteiger partial charge is 0.115 e. The average molecular weight is 312 g/mol. The topological polar surface area (TPSA) is 48.7 Å². The second-order valence-corrected chi connectivity index (χ2v) is 6.21. The van der Waals surface area contributed by atoms with Gasteiger partial charge in [-0.2, -0.15) is 5.26 Å². The Morgan fingerprint density at radius 1 is 1.50 bits per heavy atom. The summed E-state index contributed by atoms with van der Waals surface area (Å²) in [5.41, 5.74) is -0.384. The molecule has 0 aliphatic carbocycles. The first-order chi connectivity index (χ1) is 9.67. The van der Waals surface area contributed by atoms with Gasteiger partial charge in [-0.15, -0.1) is 11.8 Å². The Hall–Kier alpha value is -0.760. The summed E-state index contributed by atoms with van der Waals surface area (Å²) in [4.78, 5) is 4.25. The Kier molecular flexibility index (Phi) is 7.98. The first-order valence-corrected chi connectivity index (χ1v) is 8.43. The Bertz CT molecular complexity index is 447. The van der Waals surface area contributed by atoms with Crippen LogP contribution in [0.2, 0.25) is 5.02 Å². The summed E-state index contributed by atoms with van der Waals surface area (Å²) in [6.45, 7) is 5.07. The number of aromatic nitrogens is 1. The van der Waals surface area contributed by atoms with E-state index in [1.165, 1.54) is 0 Å². The largest absolute Gasteiger partial charge is 0.299 e. The van der Waals surface area contributed by atoms with Crippen molar-refractivity contribution < 1.29 is 0 Å². The van der Waals surface area contributed by atoms with Gasteiger partial charge in [-0.1, -0.05) is 25.4 Å². The summed E-state index contributed by atoms with van der Waals surface area (Å²) in [6, 6.07) is 6.13. The van der Waals surface area contributed by atoms with Gasteiger partial charge < -0.3 is 0 Å². The Morgan fingerprint density at radius 2 is 2.30 bits per heavy atom. The number of pyridine rings is 1. The van der Waals surface area contributed by atoms with Crippen molar-refractivity contribution in [3.8, 4) is 6.07 Å². The highest BCUT2D eigenvalue weighted by atomic mass is 35.5. The van der Waals surface area contributed by atoms with Crippen LogP contribution in [0.25, 0.3) is 0 Å². The van der Waals surface area contributed by atoms with Crippen molar-refractivity contribution in [3.63, 3.8) is 0 Å². The van der Waals surface area contributed by atoms with Gasteiger partial charge in [0.05, 0.1) is 11.1 Å². The van der Waals surface area contributed by atoms with E-state index in [1.807, 2.05) is 12.1 Å². The molecule has 1 rings (SSSR count). The van der Waals surface area contributed by atoms with Gasteiger partial charge in [0.15, 0.2) is 0 Å². The quantitative estimate of drug-likeness (QED) is 0.546. The normalized spacial score (nSPS) is 13.7. The van der Waals surface area contributed by atoms with E-state index in [4.69, 9.17) is 11.6 Å². The fraction of sp³-hybridized carbons (Fsp3) is 0.600. The molecular weight excluding hydrogens is 290 g/mol. The number of rotatable bonds is 9. The molecule has 0 spiro atoms. The van der Waals surface area contributed by atoms with Crippen molar-refractivity contribution in [1.29, 1.82) is 5.26 Å². The number of hydrogen-bond acceptors (Lipinski definition) is 4. The van der Waals surface area contributed by atoms with Gasteiger partial charge >= 0.3 is 0 Å². The summed E-state index contributed by atoms with van der Waals surface area (Å²) in [7, 11) is 0. The highest BCUT2D eigenvalue weighted by Gasteiger charge is 2.26. The monoisotopic (exact) mass is 311 g/mol. The van der Waals surface area contributed by atoms with Gasteiger partial charge in [-0.25, -0.2) is 4.98 Å². The first-order valence-electron chi connectivity index (χ1n) is 7.07. The first kappa shape index (κ1) is 17.3. The van der Waals surface area contributed by atoms with E-state index >= 15 is 0 Å². The fourth-order valence-corrected chi connectivity index (χ4v) is 3.06. The van der Waals surface area contributed by atoms with E-state index in [9.17, 15) is 5.26 Å². The number of halogens is 1. The van der Waals surface area contributed by atoms with Gasteiger partial charge in [0.2, 0.25) is 0 Å². The van der Waals surface area contributed by atoms with Gasteiger partial charge in [0, 0.05) is 6.20 Å². The van der Waals surface area contributed by atoms with Crippen LogP contribution in [0.15, 0.2) is 23.4 Å². The maximum absolute atomic E-state index is 9.41. The number of hydrogen-bond donors (Lipinski definition) is 1. The molecule has 0 saturated carbocycles. The van der Waals surface area contributed by atoms with E-state index in [0.717, 1.165) is 43.0 Å². The van der Waals surface area contributed by atoms with Crippen molar-refractivity contribution in [2.45, 2.75) is 50.1 Å². The van der Waals surface area contributed by atoms with Gasteiger partial charge in [0.25, 0.3) is 0 Å². The third-order valence-corrected chi connectivity index (χ3v) is 4.75. The second-order valence-electron chi connectivity index (χ2n) is 4.72. The zero-order chi connectivity index (χ0) is 14.8. The molecule has 0 aromatic carbocycles. The molecule has 1 N–H and O–H groups in total. The van der Waals surface area contributed by atoms with Crippen LogP contribution < -0.4 is 5.32 Å². The van der Waals surface area contributed by atoms with E-state index in [0.29, 0.717) is 5.02 Å². The summed E-state index contributed by atoms with van der Waals surface area (Å²) in [5.74, 6) is 0.925. The molecule has 0 bridgehead atoms. The molecule has 20 heavy (non-hydrogen) atoms. The minimum Gasteiger partial charge on any atom is -0.299 e. The van der Waals surface area contributed by atoms with Gasteiger partial charge in [-0.05, 0) is 50.1 Å². The van der Waals surface area contributed by atoms with Crippen LogP contribution in [0.5, 0.6) is 0 Å². The molecule has 110 valence electrons. The average Bonchev–Trinajstić information content (AvgIpc) is 2.49. The molecule has 0 amide bonds. The molecule has 0 aliphatic rings. The number of nitrogens with one attached hydrogen (secondary N) is 1. The second kappa shape index (κ2) is 9.23. The lowest BCUT2D eigenvalue weighted by Gasteiger charge is -2.26. The zero-order valence-electron chi connectivity index (χ0n) is 12.2. The maximum Gasteiger partial charge on any atom is 0.115 e. The van der Waals surface area contributed by atoms with Crippen LogP contribution in [0.3, 0.4) is 0 Å². The summed E-state index contributed by atoms with van der Waals surface area (Å²) < 4.78 is 0. The highest BCUT2D eigenvalue weighted by molar-refractivity contribution is 7.99. The SMILES string of the molecule is CCCNC(C#N)(CC)CCCSc1ncccc1Cl. The molecule has 1 atom stereocenters. The molecule has 1 aromatic heterocycles. The molecule has 1 aromatic rings. The minimum atomic E-state index is -0.384. The van der Waals surface area contributed by atoms with E-state index in [2.05, 4.69) is 30.2 Å². The minimum absolute atomic E-state index is 0.384. The molecule has 0 fully saturated rings. The zero-order valence-corrected chi connectivity index (χ0v) is 13.7. The lowest BCUT2D eigenvalue weighted by atomic mass is 9.92. The van der Waals surface area contributed by atoms with Crippen LogP contribution in [0.4, 0.5) is 0 Å². The Labute approximate surface area is 131 Å². The molecule has 1 heterocycles. The van der Waals surface area contributed by atoms with Crippen LogP contribution in [-0.4, -0.2) is 22.8 Å². The molecule has 0 radical (unpaired) electrons. The van der Waals surface area contributed by atoms with E-state index in [1.54, 1.807) is 18.0 Å². The molecule has 1 unspecified atom stereocenters. The third-order valence-electron chi connectivity index (χ3n) is 3.24. The molecule has 3 nitrogen and oxygen atoms in total. The van der Waals surface area contributed by atoms with Gasteiger partial charge in [0.1, 0.15) is 10.6 Å². The third kappa shape index (κ3) is 5.32. The van der Waals surface area contributed by atoms with Crippen molar-refractivity contribution >= 4 is 23.4 Å². The van der Waals surface area contributed by atoms with Gasteiger partial charge in [-0.3, -0.25) is 5.32 Å². The van der Waals surface area contributed by atoms with E-state index < -0.39 is 0 Å². The van der Waals surface area contributed by atoms with Crippen LogP contribution in [0, 0.1) is 11.3 Å².